The minimum absolute atomic E-state index is 0.430. The fourth-order valence-corrected chi connectivity index (χ4v) is 2.35. The molecule has 0 amide bonds. The van der Waals surface area contributed by atoms with Crippen molar-refractivity contribution in [1.82, 2.24) is 4.98 Å². The van der Waals surface area contributed by atoms with E-state index in [9.17, 15) is 5.11 Å². The standard InChI is InChI=1S/C12H12BrNO2S/c1-8(15)10-6-9(13)2-3-11(10)16-7-12-14-4-5-17-12/h2-6,8,15H,7H2,1H3. The van der Waals surface area contributed by atoms with Crippen LogP contribution in [0, 0.1) is 0 Å². The van der Waals surface area contributed by atoms with Gasteiger partial charge in [0, 0.05) is 21.6 Å². The van der Waals surface area contributed by atoms with E-state index in [1.807, 2.05) is 23.6 Å². The maximum Gasteiger partial charge on any atom is 0.140 e. The third-order valence-corrected chi connectivity index (χ3v) is 3.50. The van der Waals surface area contributed by atoms with E-state index in [1.165, 1.54) is 0 Å². The Kier molecular flexibility index (Phi) is 4.15. The zero-order valence-corrected chi connectivity index (χ0v) is 11.7. The van der Waals surface area contributed by atoms with Gasteiger partial charge in [0.2, 0.25) is 0 Å². The number of ether oxygens (including phenoxy) is 1. The number of nitrogens with zero attached hydrogens (tertiary/aromatic N) is 1. The molecular formula is C12H12BrNO2S. The average Bonchev–Trinajstić information content (AvgIpc) is 2.80. The van der Waals surface area contributed by atoms with Gasteiger partial charge in [-0.05, 0) is 25.1 Å². The number of aromatic nitrogens is 1. The van der Waals surface area contributed by atoms with E-state index in [-0.39, 0.29) is 0 Å². The van der Waals surface area contributed by atoms with Gasteiger partial charge in [-0.25, -0.2) is 4.98 Å². The van der Waals surface area contributed by atoms with E-state index < -0.39 is 6.10 Å². The molecule has 0 aliphatic rings. The van der Waals surface area contributed by atoms with Crippen LogP contribution in [-0.2, 0) is 6.61 Å². The van der Waals surface area contributed by atoms with Gasteiger partial charge in [-0.2, -0.15) is 0 Å². The van der Waals surface area contributed by atoms with E-state index in [2.05, 4.69) is 20.9 Å². The highest BCUT2D eigenvalue weighted by atomic mass is 79.9. The van der Waals surface area contributed by atoms with Crippen LogP contribution in [0.1, 0.15) is 23.6 Å². The maximum absolute atomic E-state index is 9.67. The summed E-state index contributed by atoms with van der Waals surface area (Å²) in [7, 11) is 0. The van der Waals surface area contributed by atoms with Gasteiger partial charge in [-0.15, -0.1) is 11.3 Å². The van der Waals surface area contributed by atoms with Crippen molar-refractivity contribution in [3.8, 4) is 5.75 Å². The second-order valence-electron chi connectivity index (χ2n) is 3.57. The minimum Gasteiger partial charge on any atom is -0.486 e. The number of aliphatic hydroxyl groups is 1. The molecule has 2 rings (SSSR count). The largest absolute Gasteiger partial charge is 0.486 e. The zero-order valence-electron chi connectivity index (χ0n) is 9.26. The number of rotatable bonds is 4. The predicted molar refractivity (Wildman–Crippen MR) is 71.2 cm³/mol. The van der Waals surface area contributed by atoms with E-state index >= 15 is 0 Å². The van der Waals surface area contributed by atoms with Crippen LogP contribution in [0.25, 0.3) is 0 Å². The van der Waals surface area contributed by atoms with E-state index in [0.29, 0.717) is 12.4 Å². The Morgan fingerprint density at radius 2 is 2.35 bits per heavy atom. The lowest BCUT2D eigenvalue weighted by Gasteiger charge is -2.13. The van der Waals surface area contributed by atoms with Crippen molar-refractivity contribution in [2.24, 2.45) is 0 Å². The molecule has 0 aliphatic heterocycles. The molecule has 1 heterocycles. The van der Waals surface area contributed by atoms with Crippen LogP contribution in [0.2, 0.25) is 0 Å². The van der Waals surface area contributed by atoms with Crippen LogP contribution >= 0.6 is 27.3 Å². The summed E-state index contributed by atoms with van der Waals surface area (Å²) in [5.41, 5.74) is 0.774. The Morgan fingerprint density at radius 3 is 3.00 bits per heavy atom. The molecule has 90 valence electrons. The Balaban J connectivity index is 2.14. The van der Waals surface area contributed by atoms with Crippen LogP contribution in [-0.4, -0.2) is 10.1 Å². The summed E-state index contributed by atoms with van der Waals surface area (Å²) in [4.78, 5) is 4.15. The smallest absolute Gasteiger partial charge is 0.140 e. The van der Waals surface area contributed by atoms with Crippen molar-refractivity contribution in [2.75, 3.05) is 0 Å². The first-order valence-corrected chi connectivity index (χ1v) is 6.83. The number of thiazole rings is 1. The highest BCUT2D eigenvalue weighted by Crippen LogP contribution is 2.29. The third-order valence-electron chi connectivity index (χ3n) is 2.26. The third kappa shape index (κ3) is 3.28. The van der Waals surface area contributed by atoms with Crippen LogP contribution in [0.3, 0.4) is 0 Å². The molecule has 0 saturated heterocycles. The lowest BCUT2D eigenvalue weighted by atomic mass is 10.1. The number of hydrogen-bond acceptors (Lipinski definition) is 4. The first-order chi connectivity index (χ1) is 8.16. The zero-order chi connectivity index (χ0) is 12.3. The number of benzene rings is 1. The van der Waals surface area contributed by atoms with Crippen molar-refractivity contribution >= 4 is 27.3 Å². The molecule has 1 atom stereocenters. The fourth-order valence-electron chi connectivity index (χ4n) is 1.44. The van der Waals surface area contributed by atoms with Crippen molar-refractivity contribution in [2.45, 2.75) is 19.6 Å². The van der Waals surface area contributed by atoms with Crippen molar-refractivity contribution in [3.63, 3.8) is 0 Å². The molecule has 0 spiro atoms. The Morgan fingerprint density at radius 1 is 1.53 bits per heavy atom. The van der Waals surface area contributed by atoms with Gasteiger partial charge in [0.25, 0.3) is 0 Å². The number of hydrogen-bond donors (Lipinski definition) is 1. The first kappa shape index (κ1) is 12.5. The minimum atomic E-state index is -0.557. The summed E-state index contributed by atoms with van der Waals surface area (Å²) in [5.74, 6) is 0.693. The van der Waals surface area contributed by atoms with Gasteiger partial charge in [0.1, 0.15) is 17.4 Å². The molecular weight excluding hydrogens is 302 g/mol. The summed E-state index contributed by atoms with van der Waals surface area (Å²) in [6.07, 6.45) is 1.19. The first-order valence-electron chi connectivity index (χ1n) is 5.15. The molecule has 0 fully saturated rings. The van der Waals surface area contributed by atoms with Crippen molar-refractivity contribution < 1.29 is 9.84 Å². The lowest BCUT2D eigenvalue weighted by Crippen LogP contribution is -2.00. The van der Waals surface area contributed by atoms with Crippen molar-refractivity contribution in [3.05, 3.63) is 44.8 Å². The Hall–Kier alpha value is -0.910. The van der Waals surface area contributed by atoms with Crippen molar-refractivity contribution in [1.29, 1.82) is 0 Å². The van der Waals surface area contributed by atoms with Crippen LogP contribution in [0.4, 0.5) is 0 Å². The molecule has 1 aromatic carbocycles. The second-order valence-corrected chi connectivity index (χ2v) is 5.47. The summed E-state index contributed by atoms with van der Waals surface area (Å²) in [6, 6.07) is 5.60. The summed E-state index contributed by atoms with van der Waals surface area (Å²) < 4.78 is 6.59. The summed E-state index contributed by atoms with van der Waals surface area (Å²) in [5, 5.41) is 12.5. The van der Waals surface area contributed by atoms with E-state index in [0.717, 1.165) is 15.0 Å². The van der Waals surface area contributed by atoms with Crippen LogP contribution < -0.4 is 4.74 Å². The van der Waals surface area contributed by atoms with E-state index in [1.54, 1.807) is 24.5 Å². The normalized spacial score (nSPS) is 12.4. The van der Waals surface area contributed by atoms with E-state index in [4.69, 9.17) is 4.74 Å². The van der Waals surface area contributed by atoms with Gasteiger partial charge in [-0.1, -0.05) is 15.9 Å². The van der Waals surface area contributed by atoms with Gasteiger partial charge in [-0.3, -0.25) is 0 Å². The number of aliphatic hydroxyl groups excluding tert-OH is 1. The quantitative estimate of drug-likeness (QED) is 0.938. The molecule has 1 N–H and O–H groups in total. The molecule has 1 aromatic heterocycles. The number of halogens is 1. The van der Waals surface area contributed by atoms with Gasteiger partial charge >= 0.3 is 0 Å². The summed E-state index contributed by atoms with van der Waals surface area (Å²) >= 11 is 4.93. The molecule has 3 nitrogen and oxygen atoms in total. The highest BCUT2D eigenvalue weighted by Gasteiger charge is 2.10. The van der Waals surface area contributed by atoms with Gasteiger partial charge in [0.05, 0.1) is 6.10 Å². The second kappa shape index (κ2) is 5.62. The monoisotopic (exact) mass is 313 g/mol. The molecule has 5 heteroatoms. The molecule has 0 saturated carbocycles. The highest BCUT2D eigenvalue weighted by molar-refractivity contribution is 9.10. The Labute approximate surface area is 112 Å². The maximum atomic E-state index is 9.67. The lowest BCUT2D eigenvalue weighted by molar-refractivity contribution is 0.190. The molecule has 0 radical (unpaired) electrons. The predicted octanol–water partition coefficient (Wildman–Crippen LogP) is 3.54. The molecule has 0 aliphatic carbocycles. The topological polar surface area (TPSA) is 42.4 Å². The molecule has 1 unspecified atom stereocenters. The van der Waals surface area contributed by atoms with Crippen LogP contribution in [0.15, 0.2) is 34.2 Å². The fraction of sp³-hybridized carbons (Fsp3) is 0.250. The molecule has 2 aromatic rings. The average molecular weight is 314 g/mol. The SMILES string of the molecule is CC(O)c1cc(Br)ccc1OCc1nccs1. The van der Waals surface area contributed by atoms with Crippen LogP contribution in [0.5, 0.6) is 5.75 Å². The molecule has 0 bridgehead atoms. The van der Waals surface area contributed by atoms with Gasteiger partial charge in [0.15, 0.2) is 0 Å². The summed E-state index contributed by atoms with van der Waals surface area (Å²) in [6.45, 7) is 2.15. The Bertz CT molecular complexity index is 485. The van der Waals surface area contributed by atoms with Gasteiger partial charge < -0.3 is 9.84 Å². The molecule has 17 heavy (non-hydrogen) atoms.